The molecule has 0 saturated carbocycles. The topological polar surface area (TPSA) is 65.9 Å². The summed E-state index contributed by atoms with van der Waals surface area (Å²) in [4.78, 5) is 6.90. The third kappa shape index (κ3) is 4.05. The molecule has 0 radical (unpaired) electrons. The first-order chi connectivity index (χ1) is 9.75. The molecule has 4 nitrogen and oxygen atoms in total. The van der Waals surface area contributed by atoms with E-state index >= 15 is 0 Å². The molecule has 1 unspecified atom stereocenters. The molecule has 1 atom stereocenters. The standard InChI is InChI=1S/C12H8F4N2O2S/c13-8-3-1-2-7(4-8)9-5-10(12(14,15)16)18-11(17-9)6-21(19)20/h1-5H,6H2,(H,19,20)/p-1. The minimum Gasteiger partial charge on any atom is -0.772 e. The quantitative estimate of drug-likeness (QED) is 0.644. The van der Waals surface area contributed by atoms with Gasteiger partial charge in [0.1, 0.15) is 17.3 Å². The first-order valence-corrected chi connectivity index (χ1v) is 6.77. The summed E-state index contributed by atoms with van der Waals surface area (Å²) in [7, 11) is 0. The zero-order chi connectivity index (χ0) is 15.6. The first kappa shape index (κ1) is 15.5. The van der Waals surface area contributed by atoms with Crippen molar-refractivity contribution in [1.82, 2.24) is 9.97 Å². The van der Waals surface area contributed by atoms with E-state index in [0.29, 0.717) is 6.07 Å². The average Bonchev–Trinajstić information content (AvgIpc) is 2.36. The number of benzene rings is 1. The van der Waals surface area contributed by atoms with Crippen molar-refractivity contribution >= 4 is 11.1 Å². The smallest absolute Gasteiger partial charge is 0.433 e. The van der Waals surface area contributed by atoms with E-state index in [1.54, 1.807) is 0 Å². The molecule has 9 heteroatoms. The van der Waals surface area contributed by atoms with Crippen molar-refractivity contribution in [1.29, 1.82) is 0 Å². The lowest BCUT2D eigenvalue weighted by Crippen LogP contribution is -2.12. The fourth-order valence-electron chi connectivity index (χ4n) is 1.61. The van der Waals surface area contributed by atoms with Crippen LogP contribution >= 0.6 is 0 Å². The van der Waals surface area contributed by atoms with E-state index in [9.17, 15) is 26.3 Å². The van der Waals surface area contributed by atoms with Crippen molar-refractivity contribution in [3.63, 3.8) is 0 Å². The Kier molecular flexibility index (Phi) is 4.33. The summed E-state index contributed by atoms with van der Waals surface area (Å²) in [5.41, 5.74) is -1.38. The lowest BCUT2D eigenvalue weighted by atomic mass is 10.1. The van der Waals surface area contributed by atoms with Gasteiger partial charge in [0, 0.05) is 5.56 Å². The summed E-state index contributed by atoms with van der Waals surface area (Å²) in [5, 5.41) is 0. The molecule has 21 heavy (non-hydrogen) atoms. The van der Waals surface area contributed by atoms with Crippen LogP contribution < -0.4 is 0 Å². The predicted octanol–water partition coefficient (Wildman–Crippen LogP) is 2.68. The maximum Gasteiger partial charge on any atom is 0.433 e. The molecule has 0 fully saturated rings. The molecule has 0 aliphatic heterocycles. The first-order valence-electron chi connectivity index (χ1n) is 5.52. The zero-order valence-electron chi connectivity index (χ0n) is 10.2. The van der Waals surface area contributed by atoms with Crippen LogP contribution in [0, 0.1) is 5.82 Å². The van der Waals surface area contributed by atoms with Crippen LogP contribution in [0.5, 0.6) is 0 Å². The summed E-state index contributed by atoms with van der Waals surface area (Å²) in [6.45, 7) is 0. The summed E-state index contributed by atoms with van der Waals surface area (Å²) >= 11 is -2.64. The number of halogens is 4. The minimum absolute atomic E-state index is 0.0980. The lowest BCUT2D eigenvalue weighted by Gasteiger charge is -2.11. The van der Waals surface area contributed by atoms with Crippen LogP contribution in [0.2, 0.25) is 0 Å². The van der Waals surface area contributed by atoms with E-state index in [1.165, 1.54) is 12.1 Å². The van der Waals surface area contributed by atoms with Crippen LogP contribution in [0.4, 0.5) is 17.6 Å². The Balaban J connectivity index is 2.57. The van der Waals surface area contributed by atoms with Crippen molar-refractivity contribution in [3.8, 4) is 11.3 Å². The molecule has 1 aromatic heterocycles. The second-order valence-corrected chi connectivity index (χ2v) is 4.91. The molecule has 0 N–H and O–H groups in total. The Morgan fingerprint density at radius 3 is 2.48 bits per heavy atom. The highest BCUT2D eigenvalue weighted by Gasteiger charge is 2.33. The van der Waals surface area contributed by atoms with E-state index in [-0.39, 0.29) is 11.3 Å². The Morgan fingerprint density at radius 1 is 1.19 bits per heavy atom. The van der Waals surface area contributed by atoms with Crippen LogP contribution in [-0.2, 0) is 23.0 Å². The highest BCUT2D eigenvalue weighted by Crippen LogP contribution is 2.30. The van der Waals surface area contributed by atoms with Gasteiger partial charge in [-0.05, 0) is 29.3 Å². The van der Waals surface area contributed by atoms with E-state index in [4.69, 9.17) is 0 Å². The molecule has 0 aliphatic carbocycles. The second-order valence-electron chi connectivity index (χ2n) is 4.01. The Hall–Kier alpha value is -1.87. The lowest BCUT2D eigenvalue weighted by molar-refractivity contribution is -0.141. The highest BCUT2D eigenvalue weighted by molar-refractivity contribution is 7.78. The van der Waals surface area contributed by atoms with Gasteiger partial charge in [0.2, 0.25) is 0 Å². The molecule has 0 bridgehead atoms. The van der Waals surface area contributed by atoms with Gasteiger partial charge in [-0.15, -0.1) is 0 Å². The van der Waals surface area contributed by atoms with Crippen molar-refractivity contribution in [2.75, 3.05) is 0 Å². The largest absolute Gasteiger partial charge is 0.772 e. The van der Waals surface area contributed by atoms with Gasteiger partial charge in [-0.3, -0.25) is 4.21 Å². The third-order valence-corrected chi connectivity index (χ3v) is 2.92. The number of alkyl halides is 3. The van der Waals surface area contributed by atoms with Crippen molar-refractivity contribution in [2.45, 2.75) is 11.9 Å². The number of aromatic nitrogens is 2. The van der Waals surface area contributed by atoms with Crippen molar-refractivity contribution < 1.29 is 26.3 Å². The van der Waals surface area contributed by atoms with Gasteiger partial charge >= 0.3 is 6.18 Å². The van der Waals surface area contributed by atoms with Gasteiger partial charge < -0.3 is 4.55 Å². The number of nitrogens with zero attached hydrogens (tertiary/aromatic N) is 2. The van der Waals surface area contributed by atoms with Gasteiger partial charge in [0.05, 0.1) is 11.4 Å². The molecule has 2 aromatic rings. The number of hydrogen-bond donors (Lipinski definition) is 0. The zero-order valence-corrected chi connectivity index (χ0v) is 11.0. The van der Waals surface area contributed by atoms with Gasteiger partial charge in [-0.2, -0.15) is 13.2 Å². The molecule has 2 rings (SSSR count). The van der Waals surface area contributed by atoms with Crippen LogP contribution in [-0.4, -0.2) is 18.7 Å². The molecule has 0 spiro atoms. The van der Waals surface area contributed by atoms with E-state index < -0.39 is 40.3 Å². The van der Waals surface area contributed by atoms with Crippen LogP contribution in [0.3, 0.4) is 0 Å². The van der Waals surface area contributed by atoms with Crippen LogP contribution in [0.15, 0.2) is 30.3 Å². The summed E-state index contributed by atoms with van der Waals surface area (Å²) in [5.74, 6) is -1.90. The minimum atomic E-state index is -4.76. The normalized spacial score (nSPS) is 13.2. The highest BCUT2D eigenvalue weighted by atomic mass is 32.2. The summed E-state index contributed by atoms with van der Waals surface area (Å²) < 4.78 is 72.6. The number of hydrogen-bond acceptors (Lipinski definition) is 4. The Bertz CT molecular complexity index is 691. The van der Waals surface area contributed by atoms with E-state index in [1.807, 2.05) is 0 Å². The van der Waals surface area contributed by atoms with E-state index in [2.05, 4.69) is 9.97 Å². The maximum atomic E-state index is 13.1. The van der Waals surface area contributed by atoms with Crippen molar-refractivity contribution in [3.05, 3.63) is 47.7 Å². The van der Waals surface area contributed by atoms with Gasteiger partial charge in [-0.25, -0.2) is 14.4 Å². The van der Waals surface area contributed by atoms with E-state index in [0.717, 1.165) is 12.1 Å². The molecule has 1 heterocycles. The average molecular weight is 319 g/mol. The fourth-order valence-corrected chi connectivity index (χ4v) is 1.95. The third-order valence-electron chi connectivity index (χ3n) is 2.43. The molecular formula is C12H7F4N2O2S-. The summed E-state index contributed by atoms with van der Waals surface area (Å²) in [6.07, 6.45) is -4.76. The SMILES string of the molecule is O=S([O-])Cc1nc(-c2cccc(F)c2)cc(C(F)(F)F)n1. The van der Waals surface area contributed by atoms with Gasteiger partial charge in [0.25, 0.3) is 0 Å². The maximum absolute atomic E-state index is 13.1. The Labute approximate surface area is 119 Å². The Morgan fingerprint density at radius 2 is 1.90 bits per heavy atom. The molecule has 0 amide bonds. The van der Waals surface area contributed by atoms with Crippen molar-refractivity contribution in [2.24, 2.45) is 0 Å². The second kappa shape index (κ2) is 5.86. The monoisotopic (exact) mass is 319 g/mol. The van der Waals surface area contributed by atoms with Gasteiger partial charge in [-0.1, -0.05) is 12.1 Å². The molecule has 0 saturated heterocycles. The van der Waals surface area contributed by atoms with Crippen LogP contribution in [0.1, 0.15) is 11.5 Å². The summed E-state index contributed by atoms with van der Waals surface area (Å²) in [6, 6.07) is 5.45. The molecule has 112 valence electrons. The predicted molar refractivity (Wildman–Crippen MR) is 65.1 cm³/mol. The van der Waals surface area contributed by atoms with Crippen LogP contribution in [0.25, 0.3) is 11.3 Å². The molecule has 1 aromatic carbocycles. The molecular weight excluding hydrogens is 312 g/mol. The fraction of sp³-hybridized carbons (Fsp3) is 0.167. The van der Waals surface area contributed by atoms with Gasteiger partial charge in [0.15, 0.2) is 0 Å². The number of rotatable bonds is 3. The molecule has 0 aliphatic rings.